The van der Waals surface area contributed by atoms with E-state index in [2.05, 4.69) is 22.9 Å². The van der Waals surface area contributed by atoms with E-state index in [-0.39, 0.29) is 6.04 Å². The second-order valence-corrected chi connectivity index (χ2v) is 4.78. The maximum Gasteiger partial charge on any atom is 0.0637 e. The zero-order chi connectivity index (χ0) is 14.8. The van der Waals surface area contributed by atoms with Crippen LogP contribution in [0.1, 0.15) is 31.5 Å². The van der Waals surface area contributed by atoms with Crippen LogP contribution in [0.5, 0.6) is 0 Å². The average molecular weight is 281 g/mol. The molecule has 1 rings (SSSR count). The van der Waals surface area contributed by atoms with Gasteiger partial charge in [-0.05, 0) is 25.0 Å². The van der Waals surface area contributed by atoms with Gasteiger partial charge in [-0.3, -0.25) is 4.98 Å². The molecule has 1 atom stereocenters. The van der Waals surface area contributed by atoms with Crippen LogP contribution in [0.25, 0.3) is 0 Å². The van der Waals surface area contributed by atoms with Gasteiger partial charge in [0, 0.05) is 40.0 Å². The lowest BCUT2D eigenvalue weighted by atomic mass is 10.1. The average Bonchev–Trinajstić information content (AvgIpc) is 2.50. The number of ether oxygens (including phenoxy) is 2. The predicted octanol–water partition coefficient (Wildman–Crippen LogP) is 1.98. The number of aromatic nitrogens is 1. The van der Waals surface area contributed by atoms with Crippen LogP contribution in [0, 0.1) is 0 Å². The van der Waals surface area contributed by atoms with E-state index >= 15 is 0 Å². The van der Waals surface area contributed by atoms with E-state index in [1.807, 2.05) is 12.3 Å². The molecule has 1 unspecified atom stereocenters. The number of methoxy groups -OCH3 is 2. The fraction of sp³-hybridized carbons (Fsp3) is 0.667. The van der Waals surface area contributed by atoms with E-state index in [1.165, 1.54) is 0 Å². The molecule has 2 N–H and O–H groups in total. The molecule has 0 aromatic carbocycles. The fourth-order valence-corrected chi connectivity index (χ4v) is 1.98. The van der Waals surface area contributed by atoms with Crippen LogP contribution in [0.3, 0.4) is 0 Å². The van der Waals surface area contributed by atoms with Gasteiger partial charge in [0.1, 0.15) is 0 Å². The number of anilines is 1. The van der Waals surface area contributed by atoms with Crippen LogP contribution >= 0.6 is 0 Å². The van der Waals surface area contributed by atoms with Crippen molar-refractivity contribution in [1.82, 2.24) is 4.98 Å². The van der Waals surface area contributed by atoms with E-state index in [1.54, 1.807) is 14.2 Å². The quantitative estimate of drug-likeness (QED) is 0.665. The van der Waals surface area contributed by atoms with Crippen molar-refractivity contribution >= 4 is 5.69 Å². The van der Waals surface area contributed by atoms with Gasteiger partial charge in [-0.2, -0.15) is 0 Å². The Morgan fingerprint density at radius 3 is 2.50 bits per heavy atom. The molecular formula is C15H27N3O2. The van der Waals surface area contributed by atoms with Gasteiger partial charge in [0.2, 0.25) is 0 Å². The smallest absolute Gasteiger partial charge is 0.0637 e. The number of nitrogens with two attached hydrogens (primary N) is 1. The van der Waals surface area contributed by atoms with Crippen molar-refractivity contribution in [2.24, 2.45) is 5.73 Å². The van der Waals surface area contributed by atoms with Gasteiger partial charge in [0.15, 0.2) is 0 Å². The third-order valence-corrected chi connectivity index (χ3v) is 3.30. The van der Waals surface area contributed by atoms with Gasteiger partial charge in [-0.15, -0.1) is 0 Å². The monoisotopic (exact) mass is 281 g/mol. The molecule has 0 saturated heterocycles. The molecule has 0 amide bonds. The molecule has 1 aromatic heterocycles. The second kappa shape index (κ2) is 9.69. The molecule has 5 nitrogen and oxygen atoms in total. The summed E-state index contributed by atoms with van der Waals surface area (Å²) in [5.74, 6) is 0. The zero-order valence-corrected chi connectivity index (χ0v) is 12.8. The first-order chi connectivity index (χ1) is 9.72. The summed E-state index contributed by atoms with van der Waals surface area (Å²) in [4.78, 5) is 6.73. The highest BCUT2D eigenvalue weighted by Gasteiger charge is 2.09. The Morgan fingerprint density at radius 1 is 1.20 bits per heavy atom. The van der Waals surface area contributed by atoms with Crippen molar-refractivity contribution in [3.05, 3.63) is 24.0 Å². The first-order valence-electron chi connectivity index (χ1n) is 7.17. The molecule has 0 fully saturated rings. The number of pyridine rings is 1. The van der Waals surface area contributed by atoms with Gasteiger partial charge < -0.3 is 20.1 Å². The van der Waals surface area contributed by atoms with Gasteiger partial charge in [-0.25, -0.2) is 0 Å². The van der Waals surface area contributed by atoms with Crippen LogP contribution in [-0.2, 0) is 9.47 Å². The van der Waals surface area contributed by atoms with Crippen molar-refractivity contribution in [2.75, 3.05) is 45.4 Å². The minimum Gasteiger partial charge on any atom is -0.385 e. The van der Waals surface area contributed by atoms with Crippen molar-refractivity contribution in [3.8, 4) is 0 Å². The molecule has 0 radical (unpaired) electrons. The molecule has 0 spiro atoms. The van der Waals surface area contributed by atoms with E-state index in [0.717, 1.165) is 43.9 Å². The molecule has 20 heavy (non-hydrogen) atoms. The van der Waals surface area contributed by atoms with Crippen molar-refractivity contribution < 1.29 is 9.47 Å². The Balaban J connectivity index is 2.68. The Labute approximate surface area is 122 Å². The predicted molar refractivity (Wildman–Crippen MR) is 82.0 cm³/mol. The Bertz CT molecular complexity index is 357. The molecule has 114 valence electrons. The molecular weight excluding hydrogens is 254 g/mol. The number of nitrogens with zero attached hydrogens (tertiary/aromatic N) is 2. The number of rotatable bonds is 10. The topological polar surface area (TPSA) is 60.6 Å². The lowest BCUT2D eigenvalue weighted by Gasteiger charge is -2.24. The highest BCUT2D eigenvalue weighted by atomic mass is 16.5. The lowest BCUT2D eigenvalue weighted by molar-refractivity contribution is 0.191. The molecule has 1 aromatic rings. The molecule has 0 aliphatic rings. The molecule has 0 aliphatic heterocycles. The summed E-state index contributed by atoms with van der Waals surface area (Å²) < 4.78 is 10.3. The summed E-state index contributed by atoms with van der Waals surface area (Å²) in [6.45, 7) is 5.30. The highest BCUT2D eigenvalue weighted by Crippen LogP contribution is 2.17. The summed E-state index contributed by atoms with van der Waals surface area (Å²) >= 11 is 0. The standard InChI is InChI=1S/C15H27N3O2/c1-4-14(16)15-7-6-13(12-17-15)18(9-11-20-3)8-5-10-19-2/h6-7,12,14H,4-5,8-11,16H2,1-3H3. The number of hydrogen-bond acceptors (Lipinski definition) is 5. The SMILES string of the molecule is CCC(N)c1ccc(N(CCCOC)CCOC)cn1. The molecule has 0 saturated carbocycles. The van der Waals surface area contributed by atoms with Crippen LogP contribution < -0.4 is 10.6 Å². The van der Waals surface area contributed by atoms with E-state index in [4.69, 9.17) is 15.2 Å². The van der Waals surface area contributed by atoms with Crippen molar-refractivity contribution in [2.45, 2.75) is 25.8 Å². The maximum atomic E-state index is 5.99. The van der Waals surface area contributed by atoms with E-state index in [0.29, 0.717) is 6.61 Å². The van der Waals surface area contributed by atoms with Crippen LogP contribution in [0.2, 0.25) is 0 Å². The zero-order valence-electron chi connectivity index (χ0n) is 12.8. The van der Waals surface area contributed by atoms with Gasteiger partial charge >= 0.3 is 0 Å². The third-order valence-electron chi connectivity index (χ3n) is 3.30. The summed E-state index contributed by atoms with van der Waals surface area (Å²) in [5.41, 5.74) is 8.03. The van der Waals surface area contributed by atoms with Gasteiger partial charge in [0.05, 0.1) is 24.2 Å². The van der Waals surface area contributed by atoms with E-state index in [9.17, 15) is 0 Å². The summed E-state index contributed by atoms with van der Waals surface area (Å²) in [6.07, 6.45) is 3.78. The summed E-state index contributed by atoms with van der Waals surface area (Å²) in [7, 11) is 3.44. The highest BCUT2D eigenvalue weighted by molar-refractivity contribution is 5.44. The minimum atomic E-state index is 0.0185. The fourth-order valence-electron chi connectivity index (χ4n) is 1.98. The molecule has 5 heteroatoms. The molecule has 0 bridgehead atoms. The second-order valence-electron chi connectivity index (χ2n) is 4.78. The number of hydrogen-bond donors (Lipinski definition) is 1. The summed E-state index contributed by atoms with van der Waals surface area (Å²) in [6, 6.07) is 4.12. The van der Waals surface area contributed by atoms with Crippen LogP contribution in [0.4, 0.5) is 5.69 Å². The molecule has 1 heterocycles. The van der Waals surface area contributed by atoms with Crippen LogP contribution in [0.15, 0.2) is 18.3 Å². The Morgan fingerprint density at radius 2 is 1.95 bits per heavy atom. The van der Waals surface area contributed by atoms with Gasteiger partial charge in [-0.1, -0.05) is 6.92 Å². The summed E-state index contributed by atoms with van der Waals surface area (Å²) in [5, 5.41) is 0. The van der Waals surface area contributed by atoms with E-state index < -0.39 is 0 Å². The van der Waals surface area contributed by atoms with Gasteiger partial charge in [0.25, 0.3) is 0 Å². The van der Waals surface area contributed by atoms with Crippen molar-refractivity contribution in [3.63, 3.8) is 0 Å². The maximum absolute atomic E-state index is 5.99. The first kappa shape index (κ1) is 16.9. The minimum absolute atomic E-state index is 0.0185. The normalized spacial score (nSPS) is 12.4. The largest absolute Gasteiger partial charge is 0.385 e. The molecule has 0 aliphatic carbocycles. The Kier molecular flexibility index (Phi) is 8.18. The van der Waals surface area contributed by atoms with Crippen LogP contribution in [-0.4, -0.2) is 45.5 Å². The first-order valence-corrected chi connectivity index (χ1v) is 7.17. The third kappa shape index (κ3) is 5.45. The lowest BCUT2D eigenvalue weighted by Crippen LogP contribution is -2.29. The Hall–Kier alpha value is -1.17. The van der Waals surface area contributed by atoms with Crippen molar-refractivity contribution in [1.29, 1.82) is 0 Å².